The molecule has 2 aliphatic carbocycles. The Balaban J connectivity index is 0.000000172. The number of aromatic nitrogens is 1. The van der Waals surface area contributed by atoms with E-state index < -0.39 is 6.10 Å². The number of rotatable bonds is 5. The predicted octanol–water partition coefficient (Wildman–Crippen LogP) is 4.83. The lowest BCUT2D eigenvalue weighted by molar-refractivity contribution is 0.0450. The molecule has 3 aromatic carbocycles. The number of aliphatic hydroxyl groups excluding tert-OH is 3. The third-order valence-corrected chi connectivity index (χ3v) is 10.9. The van der Waals surface area contributed by atoms with Gasteiger partial charge in [-0.15, -0.1) is 0 Å². The number of aliphatic hydroxyl groups is 3. The minimum atomic E-state index is -0.954. The second kappa shape index (κ2) is 16.2. The molecule has 0 radical (unpaired) electrons. The number of benzene rings is 3. The summed E-state index contributed by atoms with van der Waals surface area (Å²) in [6.45, 7) is 5.76. The molecule has 0 unspecified atom stereocenters. The highest BCUT2D eigenvalue weighted by molar-refractivity contribution is 9.11. The van der Waals surface area contributed by atoms with Gasteiger partial charge in [-0.2, -0.15) is 0 Å². The second-order valence-corrected chi connectivity index (χ2v) is 14.4. The Morgan fingerprint density at radius 2 is 1.66 bits per heavy atom. The van der Waals surface area contributed by atoms with E-state index >= 15 is 0 Å². The standard InChI is InChI=1S/C20H28N4O.C14H7Br2NO2.C3H8O3/c1-4-24(5-2)20(25)22-14-10-16-15-7-6-8-17-19(15)13(11-21-17)9-18(16)23(3)12-14;15-8-5-9(16)12(17)11-10(8)13(18)6-3-1-2-4-7(6)14(11)19;4-1-3(6)2-5/h6-8,11,14,16,18,21H,4-5,9-10,12H2,1-3H3,(H,22,25);1-5H,17H2;3-6H,1-2H2/t14-,16+,18+;;/m0../s1. The van der Waals surface area contributed by atoms with Crippen LogP contribution in [-0.2, 0) is 6.42 Å². The molecule has 1 aliphatic heterocycles. The average molecular weight is 814 g/mol. The zero-order chi connectivity index (χ0) is 36.3. The van der Waals surface area contributed by atoms with Crippen LogP contribution in [0.15, 0.2) is 63.7 Å². The molecule has 50 heavy (non-hydrogen) atoms. The highest BCUT2D eigenvalue weighted by Crippen LogP contribution is 2.43. The van der Waals surface area contributed by atoms with E-state index in [9.17, 15) is 14.4 Å². The van der Waals surface area contributed by atoms with Crippen molar-refractivity contribution in [2.75, 3.05) is 45.6 Å². The normalized spacial score (nSPS) is 19.0. The molecule has 0 saturated carbocycles. The monoisotopic (exact) mass is 811 g/mol. The number of hydrogen-bond acceptors (Lipinski definition) is 8. The van der Waals surface area contributed by atoms with Crippen LogP contribution < -0.4 is 11.1 Å². The summed E-state index contributed by atoms with van der Waals surface area (Å²) in [7, 11) is 2.20. The van der Waals surface area contributed by atoms with Crippen LogP contribution in [0.2, 0.25) is 0 Å². The maximum Gasteiger partial charge on any atom is 0.317 e. The second-order valence-electron chi connectivity index (χ2n) is 12.7. The lowest BCUT2D eigenvalue weighted by Gasteiger charge is -2.45. The number of fused-ring (bicyclic) bond motifs is 4. The molecule has 0 spiro atoms. The van der Waals surface area contributed by atoms with Gasteiger partial charge in [0.1, 0.15) is 6.10 Å². The Hall–Kier alpha value is -3.59. The van der Waals surface area contributed by atoms with Crippen molar-refractivity contribution in [3.8, 4) is 0 Å². The van der Waals surface area contributed by atoms with Gasteiger partial charge in [0.25, 0.3) is 0 Å². The van der Waals surface area contributed by atoms with Gasteiger partial charge in [-0.3, -0.25) is 9.59 Å². The molecule has 0 bridgehead atoms. The third kappa shape index (κ3) is 7.39. The van der Waals surface area contributed by atoms with Crippen molar-refractivity contribution in [2.45, 2.75) is 50.8 Å². The van der Waals surface area contributed by atoms with Gasteiger partial charge in [-0.05, 0) is 88.9 Å². The summed E-state index contributed by atoms with van der Waals surface area (Å²) >= 11 is 6.62. The molecule has 13 heteroatoms. The number of likely N-dealkylation sites (N-methyl/N-ethyl adjacent to an activating group) is 1. The van der Waals surface area contributed by atoms with Crippen LogP contribution in [0.25, 0.3) is 10.9 Å². The van der Waals surface area contributed by atoms with E-state index in [2.05, 4.69) is 78.5 Å². The fourth-order valence-electron chi connectivity index (χ4n) is 7.12. The van der Waals surface area contributed by atoms with E-state index in [1.165, 1.54) is 22.0 Å². The van der Waals surface area contributed by atoms with Crippen LogP contribution in [0.4, 0.5) is 10.5 Å². The van der Waals surface area contributed by atoms with Gasteiger partial charge >= 0.3 is 6.03 Å². The molecule has 2 amide bonds. The fourth-order valence-corrected chi connectivity index (χ4v) is 8.46. The highest BCUT2D eigenvalue weighted by atomic mass is 79.9. The zero-order valence-electron chi connectivity index (χ0n) is 28.2. The Bertz CT molecular complexity index is 1890. The predicted molar refractivity (Wildman–Crippen MR) is 201 cm³/mol. The first kappa shape index (κ1) is 37.7. The first-order valence-corrected chi connectivity index (χ1v) is 18.2. The number of H-pyrrole nitrogens is 1. The number of nitrogens with two attached hydrogens (primary N) is 1. The van der Waals surface area contributed by atoms with Crippen molar-refractivity contribution in [1.29, 1.82) is 0 Å². The van der Waals surface area contributed by atoms with E-state index in [0.29, 0.717) is 43.3 Å². The Kier molecular flexibility index (Phi) is 12.2. The molecule has 3 aliphatic rings. The van der Waals surface area contributed by atoms with E-state index in [-0.39, 0.29) is 42.4 Å². The molecule has 4 aromatic rings. The van der Waals surface area contributed by atoms with Crippen LogP contribution in [-0.4, -0.2) is 106 Å². The molecule has 266 valence electrons. The van der Waals surface area contributed by atoms with Gasteiger partial charge in [0, 0.05) is 74.8 Å². The maximum absolute atomic E-state index is 12.5. The van der Waals surface area contributed by atoms with E-state index in [0.717, 1.165) is 32.5 Å². The van der Waals surface area contributed by atoms with Crippen molar-refractivity contribution in [1.82, 2.24) is 20.1 Å². The number of piperidine rings is 1. The number of nitrogen functional groups attached to an aromatic ring is 1. The van der Waals surface area contributed by atoms with Crippen LogP contribution in [0.1, 0.15) is 69.2 Å². The topological polar surface area (TPSA) is 172 Å². The number of likely N-dealkylation sites (tertiary alicyclic amines) is 1. The third-order valence-electron chi connectivity index (χ3n) is 9.66. The minimum Gasteiger partial charge on any atom is -0.397 e. The number of halogens is 2. The smallest absolute Gasteiger partial charge is 0.317 e. The lowest BCUT2D eigenvalue weighted by atomic mass is 9.74. The van der Waals surface area contributed by atoms with E-state index in [4.69, 9.17) is 21.1 Å². The summed E-state index contributed by atoms with van der Waals surface area (Å²) in [5.74, 6) is 0.0775. The van der Waals surface area contributed by atoms with Crippen molar-refractivity contribution >= 4 is 66.0 Å². The summed E-state index contributed by atoms with van der Waals surface area (Å²) in [5, 5.41) is 28.7. The van der Waals surface area contributed by atoms with E-state index in [1.807, 2.05) is 18.7 Å². The lowest BCUT2D eigenvalue weighted by Crippen LogP contribution is -2.56. The van der Waals surface area contributed by atoms with Crippen molar-refractivity contribution < 1.29 is 29.7 Å². The molecular formula is C37H43Br2N5O6. The molecule has 1 saturated heterocycles. The number of carbonyl (C=O) groups is 3. The van der Waals surface area contributed by atoms with Crippen molar-refractivity contribution in [3.63, 3.8) is 0 Å². The maximum atomic E-state index is 12.5. The van der Waals surface area contributed by atoms with Crippen molar-refractivity contribution in [2.24, 2.45) is 0 Å². The number of anilines is 1. The number of ketones is 2. The van der Waals surface area contributed by atoms with Crippen molar-refractivity contribution in [3.05, 3.63) is 97.1 Å². The first-order valence-electron chi connectivity index (χ1n) is 16.7. The van der Waals surface area contributed by atoms with Crippen LogP contribution >= 0.6 is 31.9 Å². The summed E-state index contributed by atoms with van der Waals surface area (Å²) < 4.78 is 1.16. The van der Waals surface area contributed by atoms with E-state index in [1.54, 1.807) is 30.3 Å². The number of nitrogens with one attached hydrogen (secondary N) is 2. The average Bonchev–Trinajstić information content (AvgIpc) is 3.54. The molecule has 7 N–H and O–H groups in total. The molecule has 7 rings (SSSR count). The van der Waals surface area contributed by atoms with Gasteiger partial charge in [0.15, 0.2) is 11.6 Å². The fraction of sp³-hybridized carbons (Fsp3) is 0.378. The summed E-state index contributed by atoms with van der Waals surface area (Å²) in [6, 6.07) is 15.8. The first-order chi connectivity index (χ1) is 23.9. The summed E-state index contributed by atoms with van der Waals surface area (Å²) in [4.78, 5) is 45.2. The number of urea groups is 1. The number of carbonyl (C=O) groups excluding carboxylic acids is 3. The molecule has 11 nitrogen and oxygen atoms in total. The molecule has 2 heterocycles. The Morgan fingerprint density at radius 1 is 1.02 bits per heavy atom. The van der Waals surface area contributed by atoms with Crippen LogP contribution in [0.5, 0.6) is 0 Å². The molecule has 1 aromatic heterocycles. The number of nitrogens with zero attached hydrogens (tertiary/aromatic N) is 2. The van der Waals surface area contributed by atoms with Gasteiger partial charge < -0.3 is 41.2 Å². The van der Waals surface area contributed by atoms with Crippen LogP contribution in [0, 0.1) is 0 Å². The molecule has 1 fully saturated rings. The number of amides is 2. The Labute approximate surface area is 308 Å². The molecular weight excluding hydrogens is 770 g/mol. The van der Waals surface area contributed by atoms with Gasteiger partial charge in [-0.25, -0.2) is 4.79 Å². The SMILES string of the molecule is CCN(CC)C(=O)N[C@H]1C[C@@H]2c3cccc4[nH]cc(c34)C[C@H]2N(C)C1.Nc1c(Br)cc(Br)c2c1C(=O)c1ccccc1C2=O.OCC(O)CO. The largest absolute Gasteiger partial charge is 0.397 e. The zero-order valence-corrected chi connectivity index (χ0v) is 31.4. The van der Waals surface area contributed by atoms with Gasteiger partial charge in [0.2, 0.25) is 0 Å². The Morgan fingerprint density at radius 3 is 2.26 bits per heavy atom. The van der Waals surface area contributed by atoms with Crippen LogP contribution in [0.3, 0.4) is 0 Å². The minimum absolute atomic E-state index is 0.0678. The highest BCUT2D eigenvalue weighted by Gasteiger charge is 2.40. The van der Waals surface area contributed by atoms with Gasteiger partial charge in [-0.1, -0.05) is 36.4 Å². The quantitative estimate of drug-likeness (QED) is 0.137. The summed E-state index contributed by atoms with van der Waals surface area (Å²) in [6.07, 6.45) is 3.33. The number of aromatic amines is 1. The number of hydrogen-bond donors (Lipinski definition) is 6. The summed E-state index contributed by atoms with van der Waals surface area (Å²) in [5.41, 5.74) is 11.8. The molecule has 3 atom stereocenters. The van der Waals surface area contributed by atoms with Gasteiger partial charge in [0.05, 0.1) is 30.0 Å².